The molecule has 4 aromatic rings. The van der Waals surface area contributed by atoms with E-state index < -0.39 is 0 Å². The number of anilines is 1. The molecule has 0 bridgehead atoms. The number of hydrogen-bond donors (Lipinski definition) is 5. The number of carbonyl (C=O) groups is 1. The summed E-state index contributed by atoms with van der Waals surface area (Å²) in [4.78, 5) is 24.8. The van der Waals surface area contributed by atoms with Crippen molar-refractivity contribution in [2.75, 3.05) is 38.0 Å². The molecule has 1 aliphatic rings. The molecule has 5 rings (SSSR count). The molecule has 5 N–H and O–H groups in total. The molecule has 4 heterocycles. The number of rotatable bonds is 9. The van der Waals surface area contributed by atoms with Crippen LogP contribution in [0.4, 0.5) is 5.82 Å². The minimum absolute atomic E-state index is 0.291. The van der Waals surface area contributed by atoms with E-state index in [1.807, 2.05) is 18.2 Å². The van der Waals surface area contributed by atoms with E-state index in [9.17, 15) is 4.79 Å². The van der Waals surface area contributed by atoms with Crippen molar-refractivity contribution in [3.8, 4) is 11.4 Å². The predicted octanol–water partition coefficient (Wildman–Crippen LogP) is 2.73. The van der Waals surface area contributed by atoms with E-state index in [-0.39, 0.29) is 5.91 Å². The molecule has 1 saturated heterocycles. The van der Waals surface area contributed by atoms with Gasteiger partial charge in [0.2, 0.25) is 5.91 Å². The summed E-state index contributed by atoms with van der Waals surface area (Å²) >= 11 is 1.73. The zero-order valence-electron chi connectivity index (χ0n) is 18.8. The van der Waals surface area contributed by atoms with Crippen LogP contribution in [-0.2, 0) is 11.3 Å². The topological polar surface area (TPSA) is 131 Å². The fourth-order valence-corrected chi connectivity index (χ4v) is 5.33. The van der Waals surface area contributed by atoms with Crippen LogP contribution in [0.1, 0.15) is 24.1 Å². The number of piperazine rings is 1. The third-order valence-corrected chi connectivity index (χ3v) is 7.10. The average molecular weight is 481 g/mol. The van der Waals surface area contributed by atoms with E-state index in [0.29, 0.717) is 25.2 Å². The number of aromatic nitrogens is 4. The Hall–Kier alpha value is -3.12. The van der Waals surface area contributed by atoms with Gasteiger partial charge < -0.3 is 10.6 Å². The second kappa shape index (κ2) is 10.4. The van der Waals surface area contributed by atoms with Gasteiger partial charge in [-0.3, -0.25) is 20.0 Å². The highest BCUT2D eigenvalue weighted by Crippen LogP contribution is 2.34. The number of nitrogens with zero attached hydrogens (tertiary/aromatic N) is 4. The number of amides is 1. The van der Waals surface area contributed by atoms with Gasteiger partial charge in [0.05, 0.1) is 21.9 Å². The maximum atomic E-state index is 11.3. The van der Waals surface area contributed by atoms with Gasteiger partial charge in [-0.05, 0) is 25.0 Å². The zero-order chi connectivity index (χ0) is 23.3. The van der Waals surface area contributed by atoms with E-state index in [2.05, 4.69) is 31.8 Å². The molecule has 1 aliphatic heterocycles. The van der Waals surface area contributed by atoms with Crippen molar-refractivity contribution in [3.63, 3.8) is 0 Å². The molecule has 34 heavy (non-hydrogen) atoms. The molecule has 11 heteroatoms. The number of hydrogen-bond acceptors (Lipinski definition) is 9. The lowest BCUT2D eigenvalue weighted by Gasteiger charge is -2.26. The molecule has 178 valence electrons. The van der Waals surface area contributed by atoms with E-state index >= 15 is 0 Å². The van der Waals surface area contributed by atoms with Crippen LogP contribution in [0.3, 0.4) is 0 Å². The zero-order valence-corrected chi connectivity index (χ0v) is 19.6. The first-order valence-electron chi connectivity index (χ1n) is 11.5. The Balaban J connectivity index is 1.44. The summed E-state index contributed by atoms with van der Waals surface area (Å²) in [6.45, 7) is 5.70. The van der Waals surface area contributed by atoms with Gasteiger partial charge in [0, 0.05) is 61.5 Å². The van der Waals surface area contributed by atoms with E-state index in [1.54, 1.807) is 23.0 Å². The number of H-pyrrole nitrogens is 1. The average Bonchev–Trinajstić information content (AvgIpc) is 3.50. The molecule has 1 fully saturated rings. The van der Waals surface area contributed by atoms with Gasteiger partial charge in [0.25, 0.3) is 0 Å². The molecule has 10 nitrogen and oxygen atoms in total. The molecular formula is C23H28N8O2S. The summed E-state index contributed by atoms with van der Waals surface area (Å²) in [6, 6.07) is 8.16. The Labute approximate surface area is 200 Å². The lowest BCUT2D eigenvalue weighted by atomic mass is 10.1. The molecule has 3 aromatic heterocycles. The normalized spacial score (nSPS) is 14.6. The number of benzene rings is 1. The number of nitrogens with one attached hydrogen (secondary N) is 4. The number of hydroxylamine groups is 1. The van der Waals surface area contributed by atoms with Crippen molar-refractivity contribution in [1.29, 1.82) is 0 Å². The lowest BCUT2D eigenvalue weighted by molar-refractivity contribution is -0.129. The smallest absolute Gasteiger partial charge is 0.243 e. The number of unbranched alkanes of at least 4 members (excludes halogenated alkanes) is 1. The van der Waals surface area contributed by atoms with E-state index in [4.69, 9.17) is 15.2 Å². The van der Waals surface area contributed by atoms with Crippen LogP contribution in [0.15, 0.2) is 30.5 Å². The lowest BCUT2D eigenvalue weighted by Crippen LogP contribution is -2.42. The first kappa shape index (κ1) is 22.7. The Morgan fingerprint density at radius 1 is 1.21 bits per heavy atom. The van der Waals surface area contributed by atoms with Crippen molar-refractivity contribution >= 4 is 44.2 Å². The SMILES string of the molecule is O=C(CCCCNc1nc(-c2cccc3[nH]ncc23)nc2cc(CN3CCNCC3)sc12)NO. The summed E-state index contributed by atoms with van der Waals surface area (Å²) < 4.78 is 1.04. The summed E-state index contributed by atoms with van der Waals surface area (Å²) in [5.41, 5.74) is 4.49. The first-order valence-corrected chi connectivity index (χ1v) is 12.4. The molecule has 0 unspecified atom stereocenters. The van der Waals surface area contributed by atoms with E-state index in [1.165, 1.54) is 4.88 Å². The second-order valence-electron chi connectivity index (χ2n) is 8.40. The van der Waals surface area contributed by atoms with Gasteiger partial charge in [0.15, 0.2) is 5.82 Å². The van der Waals surface area contributed by atoms with Gasteiger partial charge in [-0.1, -0.05) is 12.1 Å². The molecule has 0 atom stereocenters. The summed E-state index contributed by atoms with van der Waals surface area (Å²) in [7, 11) is 0. The molecule has 1 amide bonds. The molecule has 0 radical (unpaired) electrons. The second-order valence-corrected chi connectivity index (χ2v) is 9.54. The summed E-state index contributed by atoms with van der Waals surface area (Å²) in [5, 5.41) is 23.7. The van der Waals surface area contributed by atoms with Gasteiger partial charge in [0.1, 0.15) is 5.82 Å². The third kappa shape index (κ3) is 5.02. The fraction of sp³-hybridized carbons (Fsp3) is 0.391. The Bertz CT molecular complexity index is 1280. The Kier molecular flexibility index (Phi) is 6.95. The summed E-state index contributed by atoms with van der Waals surface area (Å²) in [6.07, 6.45) is 3.55. The van der Waals surface area contributed by atoms with Crippen LogP contribution >= 0.6 is 11.3 Å². The maximum absolute atomic E-state index is 11.3. The predicted molar refractivity (Wildman–Crippen MR) is 133 cm³/mol. The van der Waals surface area contributed by atoms with Crippen molar-refractivity contribution in [3.05, 3.63) is 35.3 Å². The number of aromatic amines is 1. The van der Waals surface area contributed by atoms with Crippen LogP contribution < -0.4 is 16.1 Å². The van der Waals surface area contributed by atoms with Crippen LogP contribution in [0.25, 0.3) is 32.5 Å². The van der Waals surface area contributed by atoms with Gasteiger partial charge >= 0.3 is 0 Å². The van der Waals surface area contributed by atoms with Crippen LogP contribution in [0.2, 0.25) is 0 Å². The highest BCUT2D eigenvalue weighted by Gasteiger charge is 2.17. The Morgan fingerprint density at radius 2 is 2.09 bits per heavy atom. The number of fused-ring (bicyclic) bond motifs is 2. The van der Waals surface area contributed by atoms with Crippen molar-refractivity contribution in [1.82, 2.24) is 35.9 Å². The van der Waals surface area contributed by atoms with Gasteiger partial charge in [-0.25, -0.2) is 15.4 Å². The molecule has 0 spiro atoms. The Morgan fingerprint density at radius 3 is 2.94 bits per heavy atom. The van der Waals surface area contributed by atoms with Crippen LogP contribution in [0.5, 0.6) is 0 Å². The van der Waals surface area contributed by atoms with Gasteiger partial charge in [-0.15, -0.1) is 11.3 Å². The van der Waals surface area contributed by atoms with Crippen molar-refractivity contribution in [2.45, 2.75) is 25.8 Å². The molecular weight excluding hydrogens is 452 g/mol. The first-order chi connectivity index (χ1) is 16.7. The minimum atomic E-state index is -0.365. The van der Waals surface area contributed by atoms with Crippen molar-refractivity contribution in [2.24, 2.45) is 0 Å². The van der Waals surface area contributed by atoms with Crippen LogP contribution in [0, 0.1) is 0 Å². The van der Waals surface area contributed by atoms with E-state index in [0.717, 1.165) is 71.6 Å². The number of carbonyl (C=O) groups excluding carboxylic acids is 1. The molecule has 0 aliphatic carbocycles. The molecule has 1 aromatic carbocycles. The molecule has 0 saturated carbocycles. The van der Waals surface area contributed by atoms with Gasteiger partial charge in [-0.2, -0.15) is 5.10 Å². The largest absolute Gasteiger partial charge is 0.369 e. The highest BCUT2D eigenvalue weighted by atomic mass is 32.1. The third-order valence-electron chi connectivity index (χ3n) is 5.99. The summed E-state index contributed by atoms with van der Waals surface area (Å²) in [5.74, 6) is 1.10. The minimum Gasteiger partial charge on any atom is -0.369 e. The number of thiophene rings is 1. The fourth-order valence-electron chi connectivity index (χ4n) is 4.22. The quantitative estimate of drug-likeness (QED) is 0.140. The highest BCUT2D eigenvalue weighted by molar-refractivity contribution is 7.19. The van der Waals surface area contributed by atoms with Crippen LogP contribution in [-0.4, -0.2) is 68.9 Å². The maximum Gasteiger partial charge on any atom is 0.243 e. The monoisotopic (exact) mass is 480 g/mol. The van der Waals surface area contributed by atoms with Crippen molar-refractivity contribution < 1.29 is 10.0 Å². The standard InChI is InChI=1S/C23H28N8O2S/c32-20(30-33)6-1-2-7-25-23-21-19(12-15(34-21)14-31-10-8-24-9-11-31)27-22(28-23)16-4-3-5-18-17(16)13-26-29-18/h3-5,12-13,24,33H,1-2,6-11,14H2,(H,26,29)(H,30,32)(H,25,27,28).